The first-order valence-electron chi connectivity index (χ1n) is 14.3. The molecule has 2 saturated heterocycles. The molecule has 1 N–H and O–H groups in total. The smallest absolute Gasteiger partial charge is 0.411 e. The first kappa shape index (κ1) is 30.6. The normalized spacial score (nSPS) is 20.3. The summed E-state index contributed by atoms with van der Waals surface area (Å²) < 4.78 is 22.6. The lowest BCUT2D eigenvalue weighted by atomic mass is 10.0. The van der Waals surface area contributed by atoms with E-state index in [0.717, 1.165) is 36.4 Å². The molecular weight excluding hydrogens is 528 g/mol. The van der Waals surface area contributed by atoms with Gasteiger partial charge in [0.25, 0.3) is 0 Å². The molecule has 41 heavy (non-hydrogen) atoms. The first-order valence-corrected chi connectivity index (χ1v) is 14.3. The Morgan fingerprint density at radius 3 is 2.54 bits per heavy atom. The van der Waals surface area contributed by atoms with Crippen molar-refractivity contribution in [1.29, 1.82) is 0 Å². The van der Waals surface area contributed by atoms with Crippen molar-refractivity contribution in [3.8, 4) is 0 Å². The number of nitrogens with one attached hydrogen (secondary N) is 1. The van der Waals surface area contributed by atoms with Crippen molar-refractivity contribution in [2.24, 2.45) is 0 Å². The highest BCUT2D eigenvalue weighted by Gasteiger charge is 2.35. The highest BCUT2D eigenvalue weighted by molar-refractivity contribution is 5.69. The second-order valence-corrected chi connectivity index (χ2v) is 12.1. The van der Waals surface area contributed by atoms with Gasteiger partial charge in [0.2, 0.25) is 5.89 Å². The fraction of sp³-hybridized carbons (Fsp3) is 0.655. The second kappa shape index (κ2) is 12.6. The van der Waals surface area contributed by atoms with Gasteiger partial charge in [-0.2, -0.15) is 0 Å². The Bertz CT molecular complexity index is 1220. The maximum atomic E-state index is 12.8. The van der Waals surface area contributed by atoms with Gasteiger partial charge >= 0.3 is 18.2 Å². The summed E-state index contributed by atoms with van der Waals surface area (Å²) in [6.45, 7) is 19.3. The molecule has 2 aliphatic rings. The lowest BCUT2D eigenvalue weighted by molar-refractivity contribution is -0.0389. The summed E-state index contributed by atoms with van der Waals surface area (Å²) in [5.74, 6) is 0.284. The molecule has 2 aromatic rings. The third-order valence-electron chi connectivity index (χ3n) is 7.06. The molecule has 0 aliphatic carbocycles. The molecule has 1 unspecified atom stereocenters. The highest BCUT2D eigenvalue weighted by Crippen LogP contribution is 2.30. The van der Waals surface area contributed by atoms with E-state index in [1.807, 2.05) is 47.6 Å². The summed E-state index contributed by atoms with van der Waals surface area (Å²) in [7, 11) is 0. The minimum atomic E-state index is -0.618. The number of carbonyl (C=O) groups is 2. The number of rotatable bonds is 6. The Morgan fingerprint density at radius 2 is 1.85 bits per heavy atom. The van der Waals surface area contributed by atoms with Crippen LogP contribution in [0, 0.1) is 13.8 Å². The van der Waals surface area contributed by atoms with Crippen LogP contribution in [-0.4, -0.2) is 94.2 Å². The number of hydrogen-bond donors (Lipinski definition) is 1. The molecule has 2 atom stereocenters. The van der Waals surface area contributed by atoms with Crippen molar-refractivity contribution in [1.82, 2.24) is 24.9 Å². The van der Waals surface area contributed by atoms with E-state index in [0.29, 0.717) is 19.7 Å². The van der Waals surface area contributed by atoms with Crippen molar-refractivity contribution >= 4 is 23.9 Å². The predicted molar refractivity (Wildman–Crippen MR) is 153 cm³/mol. The number of anilines is 2. The van der Waals surface area contributed by atoms with Crippen molar-refractivity contribution in [2.45, 2.75) is 85.7 Å². The number of benzene rings is 1. The molecule has 226 valence electrons. The van der Waals surface area contributed by atoms with Crippen molar-refractivity contribution in [2.75, 3.05) is 44.7 Å². The molecule has 1 aromatic carbocycles. The third-order valence-corrected chi connectivity index (χ3v) is 7.06. The van der Waals surface area contributed by atoms with Crippen LogP contribution in [0.4, 0.5) is 21.3 Å². The molecule has 0 radical (unpaired) electrons. The molecule has 2 aliphatic heterocycles. The van der Waals surface area contributed by atoms with Gasteiger partial charge in [-0.1, -0.05) is 11.2 Å². The average molecular weight is 573 g/mol. The summed E-state index contributed by atoms with van der Waals surface area (Å²) in [6, 6.07) is 3.98. The number of nitrogens with zero attached hydrogens (tertiary/aromatic N) is 5. The molecule has 1 aromatic heterocycles. The Hall–Kier alpha value is -3.38. The Labute approximate surface area is 242 Å². The van der Waals surface area contributed by atoms with Crippen LogP contribution in [-0.2, 0) is 20.8 Å². The molecule has 4 rings (SSSR count). The molecule has 2 fully saturated rings. The average Bonchev–Trinajstić information content (AvgIpc) is 3.34. The van der Waals surface area contributed by atoms with Gasteiger partial charge in [0.1, 0.15) is 11.6 Å². The van der Waals surface area contributed by atoms with E-state index in [9.17, 15) is 9.59 Å². The van der Waals surface area contributed by atoms with Crippen LogP contribution in [0.2, 0.25) is 0 Å². The topological polar surface area (TPSA) is 122 Å². The quantitative estimate of drug-likeness (QED) is 0.517. The van der Waals surface area contributed by atoms with E-state index in [2.05, 4.69) is 40.3 Å². The largest absolute Gasteiger partial charge is 0.447 e. The van der Waals surface area contributed by atoms with E-state index in [4.69, 9.17) is 18.6 Å². The van der Waals surface area contributed by atoms with Gasteiger partial charge < -0.3 is 28.8 Å². The fourth-order valence-electron chi connectivity index (χ4n) is 5.07. The standard InChI is InChI=1S/C29H44N6O6/c1-18(2)39-27(36)34-10-9-33(15-20(34)4)16-22-13-19(3)14-23(21(22)5)30-26-32-31-25(40-26)24-17-38-12-11-35(24)28(37)41-29(6,7)8/h13-14,18,20,24H,9-12,15-17H2,1-8H3,(H,30,32)/t20-,24?/m0/s1. The zero-order valence-electron chi connectivity index (χ0n) is 25.5. The summed E-state index contributed by atoms with van der Waals surface area (Å²) in [5.41, 5.74) is 3.59. The van der Waals surface area contributed by atoms with Gasteiger partial charge in [-0.3, -0.25) is 9.80 Å². The number of ether oxygens (including phenoxy) is 3. The Morgan fingerprint density at radius 1 is 1.10 bits per heavy atom. The number of amides is 2. The van der Waals surface area contributed by atoms with Gasteiger partial charge in [0, 0.05) is 44.5 Å². The van der Waals surface area contributed by atoms with Crippen molar-refractivity contribution < 1.29 is 28.2 Å². The number of piperazine rings is 1. The maximum absolute atomic E-state index is 12.8. The molecule has 0 spiro atoms. The number of carbonyl (C=O) groups excluding carboxylic acids is 2. The van der Waals surface area contributed by atoms with Crippen LogP contribution >= 0.6 is 0 Å². The van der Waals surface area contributed by atoms with Crippen LogP contribution in [0.1, 0.15) is 70.2 Å². The molecular formula is C29H44N6O6. The SMILES string of the molecule is Cc1cc(CN2CCN(C(=O)OC(C)C)[C@@H](C)C2)c(C)c(Nc2nnc(C3COCCN3C(=O)OC(C)(C)C)o2)c1. The van der Waals surface area contributed by atoms with Crippen molar-refractivity contribution in [3.63, 3.8) is 0 Å². The molecule has 12 heteroatoms. The lowest BCUT2D eigenvalue weighted by Crippen LogP contribution is -2.54. The van der Waals surface area contributed by atoms with E-state index < -0.39 is 17.7 Å². The van der Waals surface area contributed by atoms with Crippen LogP contribution in [0.5, 0.6) is 0 Å². The van der Waals surface area contributed by atoms with Crippen LogP contribution in [0.15, 0.2) is 16.5 Å². The highest BCUT2D eigenvalue weighted by atomic mass is 16.6. The van der Waals surface area contributed by atoms with Crippen molar-refractivity contribution in [3.05, 3.63) is 34.7 Å². The number of aryl methyl sites for hydroxylation is 1. The van der Waals surface area contributed by atoms with Gasteiger partial charge in [0.15, 0.2) is 0 Å². The van der Waals surface area contributed by atoms with E-state index in [-0.39, 0.29) is 36.8 Å². The van der Waals surface area contributed by atoms with Crippen LogP contribution in [0.3, 0.4) is 0 Å². The third kappa shape index (κ3) is 7.88. The molecule has 0 saturated carbocycles. The monoisotopic (exact) mass is 572 g/mol. The van der Waals surface area contributed by atoms with Crippen LogP contribution in [0.25, 0.3) is 0 Å². The molecule has 0 bridgehead atoms. The summed E-state index contributed by atoms with van der Waals surface area (Å²) in [5, 5.41) is 11.7. The van der Waals surface area contributed by atoms with Gasteiger partial charge in [-0.25, -0.2) is 9.59 Å². The minimum absolute atomic E-state index is 0.0542. The van der Waals surface area contributed by atoms with Gasteiger partial charge in [-0.05, 0) is 78.1 Å². The van der Waals surface area contributed by atoms with E-state index in [1.165, 1.54) is 5.56 Å². The Balaban J connectivity index is 1.44. The zero-order valence-corrected chi connectivity index (χ0v) is 25.5. The summed E-state index contributed by atoms with van der Waals surface area (Å²) >= 11 is 0. The number of aromatic nitrogens is 2. The number of hydrogen-bond acceptors (Lipinski definition) is 10. The second-order valence-electron chi connectivity index (χ2n) is 12.1. The van der Waals surface area contributed by atoms with E-state index >= 15 is 0 Å². The van der Waals surface area contributed by atoms with Gasteiger partial charge in [0.05, 0.1) is 19.3 Å². The molecule has 2 amide bonds. The van der Waals surface area contributed by atoms with Crippen LogP contribution < -0.4 is 5.32 Å². The summed E-state index contributed by atoms with van der Waals surface area (Å²) in [4.78, 5) is 31.0. The summed E-state index contributed by atoms with van der Waals surface area (Å²) in [6.07, 6.45) is -0.827. The fourth-order valence-corrected chi connectivity index (χ4v) is 5.07. The van der Waals surface area contributed by atoms with E-state index in [1.54, 1.807) is 9.80 Å². The van der Waals surface area contributed by atoms with Gasteiger partial charge in [-0.15, -0.1) is 5.10 Å². The predicted octanol–water partition coefficient (Wildman–Crippen LogP) is 4.79. The lowest BCUT2D eigenvalue weighted by Gasteiger charge is -2.39. The maximum Gasteiger partial charge on any atom is 0.411 e. The first-order chi connectivity index (χ1) is 19.3. The molecule has 3 heterocycles. The molecule has 12 nitrogen and oxygen atoms in total. The minimum Gasteiger partial charge on any atom is -0.447 e. The Kier molecular flexibility index (Phi) is 9.43. The number of morpholine rings is 1. The zero-order chi connectivity index (χ0) is 29.9.